The molecule has 208 valence electrons. The first kappa shape index (κ1) is 36.7. The molecule has 0 amide bonds. The quantitative estimate of drug-likeness (QED) is 0.257. The number of nitrogens with zero attached hydrogens (tertiary/aromatic N) is 6. The smallest absolute Gasteiger partial charge is 0.870 e. The maximum absolute atomic E-state index is 13.6. The summed E-state index contributed by atoms with van der Waals surface area (Å²) in [6.45, 7) is 13.9. The molecular formula is C31H29F2KN6OSi. The minimum absolute atomic E-state index is 0. The molecule has 0 atom stereocenters. The molecule has 4 aromatic rings. The van der Waals surface area contributed by atoms with Crippen LogP contribution in [0.4, 0.5) is 8.78 Å². The summed E-state index contributed by atoms with van der Waals surface area (Å²) in [4.78, 5) is 0. The number of hydrogen-bond acceptors (Lipinski definition) is 5. The average Bonchev–Trinajstić information content (AvgIpc) is 3.34. The van der Waals surface area contributed by atoms with Crippen LogP contribution in [0.3, 0.4) is 0 Å². The molecule has 0 aliphatic rings. The molecule has 0 saturated carbocycles. The van der Waals surface area contributed by atoms with E-state index in [-0.39, 0.29) is 68.0 Å². The van der Waals surface area contributed by atoms with Gasteiger partial charge >= 0.3 is 51.4 Å². The van der Waals surface area contributed by atoms with Crippen LogP contribution in [0.2, 0.25) is 19.6 Å². The molecule has 2 heterocycles. The molecule has 2 aromatic heterocycles. The zero-order valence-corrected chi connectivity index (χ0v) is 29.1. The largest absolute Gasteiger partial charge is 1.00 e. The third-order valence-corrected chi connectivity index (χ3v) is 6.68. The van der Waals surface area contributed by atoms with Gasteiger partial charge in [-0.1, -0.05) is 31.5 Å². The Morgan fingerprint density at radius 2 is 1.14 bits per heavy atom. The van der Waals surface area contributed by atoms with E-state index in [4.69, 9.17) is 16.9 Å². The van der Waals surface area contributed by atoms with Crippen molar-refractivity contribution in [2.75, 3.05) is 0 Å². The molecule has 7 nitrogen and oxygen atoms in total. The fourth-order valence-electron chi connectivity index (χ4n) is 3.95. The monoisotopic (exact) mass is 606 g/mol. The molecule has 0 aliphatic carbocycles. The molecule has 0 saturated heterocycles. The van der Waals surface area contributed by atoms with Gasteiger partial charge in [0, 0.05) is 0 Å². The topological polar surface area (TPSA) is 113 Å². The van der Waals surface area contributed by atoms with E-state index in [0.717, 1.165) is 22.6 Å². The van der Waals surface area contributed by atoms with E-state index >= 15 is 0 Å². The zero-order chi connectivity index (χ0) is 29.8. The van der Waals surface area contributed by atoms with E-state index in [9.17, 15) is 8.78 Å². The van der Waals surface area contributed by atoms with Gasteiger partial charge in [-0.05, 0) is 64.1 Å². The molecule has 11 heteroatoms. The van der Waals surface area contributed by atoms with Crippen LogP contribution in [0.25, 0.3) is 11.4 Å². The first-order valence-corrected chi connectivity index (χ1v) is 15.8. The van der Waals surface area contributed by atoms with Gasteiger partial charge in [0.1, 0.15) is 19.7 Å². The predicted molar refractivity (Wildman–Crippen MR) is 156 cm³/mol. The second kappa shape index (κ2) is 15.2. The minimum Gasteiger partial charge on any atom is -0.870 e. The fourth-order valence-corrected chi connectivity index (χ4v) is 4.45. The summed E-state index contributed by atoms with van der Waals surface area (Å²) in [5.41, 5.74) is 9.59. The zero-order valence-electron chi connectivity index (χ0n) is 24.9. The number of aryl methyl sites for hydroxylation is 2. The van der Waals surface area contributed by atoms with Crippen molar-refractivity contribution in [3.8, 4) is 47.3 Å². The molecule has 0 bridgehead atoms. The van der Waals surface area contributed by atoms with E-state index in [0.29, 0.717) is 22.6 Å². The van der Waals surface area contributed by atoms with Gasteiger partial charge in [-0.25, -0.2) is 18.1 Å². The van der Waals surface area contributed by atoms with Crippen LogP contribution in [0, 0.1) is 85.8 Å². The maximum atomic E-state index is 13.6. The number of nitriles is 2. The Labute approximate surface area is 288 Å². The van der Waals surface area contributed by atoms with E-state index in [2.05, 4.69) is 47.2 Å². The standard InChI is InChI=1S/C17H18FN3Si.C14H10FN3.K.H2O/c1-12-17(6-7-22(3,4)5)13(2)21(20-12)16-9-14(11-19)8-15(18)10-16;1-4-14-9(2)17-18(10(14)3)13-6-11(8-16)5-12(15)7-13;;/h8-10H,1-5H3;1,5-7H,2-3H3;;1H2/q;;+1;/p-1. The number of aromatic nitrogens is 4. The molecule has 0 radical (unpaired) electrons. The van der Waals surface area contributed by atoms with Crippen LogP contribution in [0.1, 0.15) is 45.0 Å². The average molecular weight is 607 g/mol. The SMILES string of the molecule is C#Cc1c(C)nn(-c2cc(F)cc(C#N)c2)c1C.Cc1nn(-c2cc(F)cc(C#N)c2)c(C)c1C#C[Si](C)(C)C.[K+].[OH-]. The number of terminal acetylenes is 1. The number of rotatable bonds is 2. The Balaban J connectivity index is 0.000000408. The Kier molecular flexibility index (Phi) is 13.3. The number of hydrogen-bond donors (Lipinski definition) is 0. The first-order chi connectivity index (χ1) is 18.8. The number of benzene rings is 2. The second-order valence-corrected chi connectivity index (χ2v) is 14.9. The number of halogens is 2. The Morgan fingerprint density at radius 3 is 1.50 bits per heavy atom. The Bertz CT molecular complexity index is 1800. The van der Waals surface area contributed by atoms with E-state index in [1.807, 2.05) is 32.9 Å². The normalized spacial score (nSPS) is 9.86. The molecule has 0 spiro atoms. The van der Waals surface area contributed by atoms with Gasteiger partial charge in [0.2, 0.25) is 0 Å². The molecule has 4 rings (SSSR count). The maximum Gasteiger partial charge on any atom is 1.00 e. The van der Waals surface area contributed by atoms with Gasteiger partial charge in [0.25, 0.3) is 0 Å². The summed E-state index contributed by atoms with van der Waals surface area (Å²) < 4.78 is 30.2. The summed E-state index contributed by atoms with van der Waals surface area (Å²) in [7, 11) is -1.48. The molecule has 0 unspecified atom stereocenters. The van der Waals surface area contributed by atoms with Crippen LogP contribution in [-0.2, 0) is 0 Å². The van der Waals surface area contributed by atoms with Crippen LogP contribution >= 0.6 is 0 Å². The van der Waals surface area contributed by atoms with Crippen molar-refractivity contribution in [1.82, 2.24) is 19.6 Å². The second-order valence-electron chi connectivity index (χ2n) is 10.2. The van der Waals surface area contributed by atoms with E-state index in [1.54, 1.807) is 28.4 Å². The first-order valence-electron chi connectivity index (χ1n) is 12.3. The fraction of sp³-hybridized carbons (Fsp3) is 0.226. The Hall–Kier alpha value is -3.37. The molecule has 0 aliphatic heterocycles. The van der Waals surface area contributed by atoms with Crippen molar-refractivity contribution >= 4 is 8.07 Å². The van der Waals surface area contributed by atoms with Gasteiger partial charge in [-0.3, -0.25) is 0 Å². The van der Waals surface area contributed by atoms with Gasteiger partial charge in [-0.15, -0.1) is 12.0 Å². The van der Waals surface area contributed by atoms with Crippen molar-refractivity contribution in [3.05, 3.63) is 93.1 Å². The van der Waals surface area contributed by atoms with Gasteiger partial charge in [-0.2, -0.15) is 20.7 Å². The summed E-state index contributed by atoms with van der Waals surface area (Å²) in [6.07, 6.45) is 5.40. The van der Waals surface area contributed by atoms with Crippen molar-refractivity contribution in [3.63, 3.8) is 0 Å². The van der Waals surface area contributed by atoms with Crippen molar-refractivity contribution < 1.29 is 65.6 Å². The van der Waals surface area contributed by atoms with Crippen molar-refractivity contribution in [1.29, 1.82) is 10.5 Å². The molecular weight excluding hydrogens is 578 g/mol. The third kappa shape index (κ3) is 8.82. The van der Waals surface area contributed by atoms with E-state index in [1.165, 1.54) is 24.3 Å². The van der Waals surface area contributed by atoms with Gasteiger partial charge < -0.3 is 5.48 Å². The van der Waals surface area contributed by atoms with Gasteiger partial charge in [0.15, 0.2) is 0 Å². The molecule has 1 N–H and O–H groups in total. The Morgan fingerprint density at radius 1 is 0.738 bits per heavy atom. The summed E-state index contributed by atoms with van der Waals surface area (Å²) in [6, 6.07) is 12.1. The van der Waals surface area contributed by atoms with Crippen molar-refractivity contribution in [2.45, 2.75) is 47.3 Å². The van der Waals surface area contributed by atoms with Gasteiger partial charge in [0.05, 0.1) is 68.5 Å². The van der Waals surface area contributed by atoms with Crippen LogP contribution in [0.5, 0.6) is 0 Å². The van der Waals surface area contributed by atoms with Crippen LogP contribution < -0.4 is 51.4 Å². The molecule has 42 heavy (non-hydrogen) atoms. The van der Waals surface area contributed by atoms with E-state index < -0.39 is 19.7 Å². The van der Waals surface area contributed by atoms with Crippen molar-refractivity contribution in [2.24, 2.45) is 0 Å². The predicted octanol–water partition coefficient (Wildman–Crippen LogP) is 3.04. The summed E-state index contributed by atoms with van der Waals surface area (Å²) >= 11 is 0. The van der Waals surface area contributed by atoms with Crippen LogP contribution in [0.15, 0.2) is 36.4 Å². The third-order valence-electron chi connectivity index (χ3n) is 5.80. The minimum atomic E-state index is -1.48. The molecule has 0 fully saturated rings. The summed E-state index contributed by atoms with van der Waals surface area (Å²) in [5, 5.41) is 26.5. The van der Waals surface area contributed by atoms with Crippen LogP contribution in [-0.4, -0.2) is 33.1 Å². The molecule has 2 aromatic carbocycles. The summed E-state index contributed by atoms with van der Waals surface area (Å²) in [5.74, 6) is 4.86.